The van der Waals surface area contributed by atoms with Gasteiger partial charge in [0.05, 0.1) is 13.2 Å². The van der Waals surface area contributed by atoms with E-state index >= 15 is 0 Å². The molecule has 0 aliphatic rings. The molecule has 0 unspecified atom stereocenters. The van der Waals surface area contributed by atoms with Crippen LogP contribution in [0.1, 0.15) is 11.1 Å². The first kappa shape index (κ1) is 14.4. The van der Waals surface area contributed by atoms with Gasteiger partial charge in [-0.05, 0) is 12.1 Å². The van der Waals surface area contributed by atoms with Gasteiger partial charge in [-0.15, -0.1) is 10.5 Å². The van der Waals surface area contributed by atoms with Gasteiger partial charge >= 0.3 is 0 Å². The van der Waals surface area contributed by atoms with Gasteiger partial charge in [0.1, 0.15) is 11.5 Å². The summed E-state index contributed by atoms with van der Waals surface area (Å²) in [6, 6.07) is 14.3. The first-order valence-electron chi connectivity index (χ1n) is 6.20. The zero-order valence-corrected chi connectivity index (χ0v) is 11.2. The number of nitrogens with zero attached hydrogens (tertiary/aromatic N) is 2. The molecule has 0 spiro atoms. The number of hydrogen-bond acceptors (Lipinski definition) is 5. The Labute approximate surface area is 122 Å². The molecule has 21 heavy (non-hydrogen) atoms. The summed E-state index contributed by atoms with van der Waals surface area (Å²) in [7, 11) is 0. The molecule has 0 aliphatic carbocycles. The second-order valence-corrected chi connectivity index (χ2v) is 4.09. The highest BCUT2D eigenvalue weighted by atomic mass is 16.5. The van der Waals surface area contributed by atoms with Gasteiger partial charge in [-0.25, -0.2) is 0 Å². The number of para-hydroxylation sites is 2. The maximum Gasteiger partial charge on any atom is 0.292 e. The Morgan fingerprint density at radius 2 is 1.14 bits per heavy atom. The van der Waals surface area contributed by atoms with Crippen molar-refractivity contribution in [2.75, 3.05) is 0 Å². The van der Waals surface area contributed by atoms with Crippen LogP contribution in [0, 0.1) is 23.0 Å². The fourth-order valence-electron chi connectivity index (χ4n) is 1.81. The van der Waals surface area contributed by atoms with Gasteiger partial charge < -0.3 is 14.2 Å². The Hall–Kier alpha value is -3.02. The van der Waals surface area contributed by atoms with Crippen molar-refractivity contribution in [2.45, 2.75) is 13.2 Å². The Morgan fingerprint density at radius 3 is 1.57 bits per heavy atom. The highest BCUT2D eigenvalue weighted by Crippen LogP contribution is 2.22. The molecular formula is C16H12N2O3. The van der Waals surface area contributed by atoms with E-state index in [2.05, 4.69) is 0 Å². The summed E-state index contributed by atoms with van der Waals surface area (Å²) in [5.74, 6) is 0.947. The van der Waals surface area contributed by atoms with E-state index in [-0.39, 0.29) is 0 Å². The molecular weight excluding hydrogens is 268 g/mol. The predicted octanol–water partition coefficient (Wildman–Crippen LogP) is 3.12. The fourth-order valence-corrected chi connectivity index (χ4v) is 1.81. The summed E-state index contributed by atoms with van der Waals surface area (Å²) in [6.07, 6.45) is 3.29. The van der Waals surface area contributed by atoms with Crippen LogP contribution in [0.2, 0.25) is 0 Å². The lowest BCUT2D eigenvalue weighted by atomic mass is 10.2. The van der Waals surface area contributed by atoms with Crippen LogP contribution in [0.5, 0.6) is 11.5 Å². The zero-order valence-electron chi connectivity index (χ0n) is 11.2. The van der Waals surface area contributed by atoms with Gasteiger partial charge in [-0.1, -0.05) is 36.4 Å². The normalized spacial score (nSPS) is 9.43. The first-order chi connectivity index (χ1) is 10.3. The molecule has 0 N–H and O–H groups in total. The van der Waals surface area contributed by atoms with Crippen molar-refractivity contribution in [1.82, 2.24) is 0 Å². The van der Waals surface area contributed by atoms with Gasteiger partial charge in [0, 0.05) is 11.1 Å². The molecule has 104 valence electrons. The molecule has 5 heteroatoms. The first-order valence-corrected chi connectivity index (χ1v) is 6.20. The van der Waals surface area contributed by atoms with Crippen LogP contribution in [-0.2, 0) is 18.0 Å². The molecule has 0 heterocycles. The smallest absolute Gasteiger partial charge is 0.292 e. The van der Waals surface area contributed by atoms with Crippen molar-refractivity contribution in [3.05, 3.63) is 59.7 Å². The average Bonchev–Trinajstić information content (AvgIpc) is 2.51. The fraction of sp³-hybridized carbons (Fsp3) is 0.125. The molecule has 5 nitrogen and oxygen atoms in total. The molecule has 0 atom stereocenters. The topological polar surface area (TPSA) is 75.3 Å². The van der Waals surface area contributed by atoms with E-state index in [0.29, 0.717) is 24.7 Å². The standard InChI is InChI=1S/C16H12N2O3/c17-11-20-15-7-3-1-5-13(15)9-19-10-14-6-2-4-8-16(14)21-12-18/h1-8H,9-10H2. The van der Waals surface area contributed by atoms with Gasteiger partial charge in [-0.2, -0.15) is 0 Å². The molecule has 2 aromatic rings. The van der Waals surface area contributed by atoms with E-state index in [1.165, 1.54) is 0 Å². The van der Waals surface area contributed by atoms with Gasteiger partial charge in [-0.3, -0.25) is 0 Å². The van der Waals surface area contributed by atoms with Crippen molar-refractivity contribution < 1.29 is 14.2 Å². The summed E-state index contributed by atoms with van der Waals surface area (Å²) < 4.78 is 15.3. The number of hydrogen-bond donors (Lipinski definition) is 0. The Balaban J connectivity index is 1.99. The number of rotatable bonds is 6. The Kier molecular flexibility index (Phi) is 5.17. The average molecular weight is 280 g/mol. The summed E-state index contributed by atoms with van der Waals surface area (Å²) in [6.45, 7) is 0.581. The van der Waals surface area contributed by atoms with Crippen LogP contribution in [0.15, 0.2) is 48.5 Å². The van der Waals surface area contributed by atoms with Crippen molar-refractivity contribution in [3.8, 4) is 24.0 Å². The van der Waals surface area contributed by atoms with Crippen LogP contribution in [-0.4, -0.2) is 0 Å². The summed E-state index contributed by atoms with van der Waals surface area (Å²) in [4.78, 5) is 0. The van der Waals surface area contributed by atoms with Crippen LogP contribution < -0.4 is 9.47 Å². The maximum absolute atomic E-state index is 8.58. The Bertz CT molecular complexity index is 627. The van der Waals surface area contributed by atoms with E-state index in [0.717, 1.165) is 11.1 Å². The van der Waals surface area contributed by atoms with E-state index in [1.807, 2.05) is 24.3 Å². The van der Waals surface area contributed by atoms with E-state index in [9.17, 15) is 0 Å². The van der Waals surface area contributed by atoms with Gasteiger partial charge in [0.15, 0.2) is 0 Å². The third-order valence-electron chi connectivity index (χ3n) is 2.77. The molecule has 0 aliphatic heterocycles. The van der Waals surface area contributed by atoms with Crippen molar-refractivity contribution in [3.63, 3.8) is 0 Å². The summed E-state index contributed by atoms with van der Waals surface area (Å²) in [5, 5.41) is 17.2. The molecule has 0 aromatic heterocycles. The highest BCUT2D eigenvalue weighted by Gasteiger charge is 2.06. The quantitative estimate of drug-likeness (QED) is 0.760. The van der Waals surface area contributed by atoms with Crippen LogP contribution >= 0.6 is 0 Å². The second kappa shape index (κ2) is 7.54. The molecule has 0 radical (unpaired) electrons. The van der Waals surface area contributed by atoms with Crippen molar-refractivity contribution in [2.24, 2.45) is 0 Å². The molecule has 0 saturated heterocycles. The van der Waals surface area contributed by atoms with E-state index in [1.54, 1.807) is 36.8 Å². The summed E-state index contributed by atoms with van der Waals surface area (Å²) in [5.41, 5.74) is 1.55. The largest absolute Gasteiger partial charge is 0.388 e. The summed E-state index contributed by atoms with van der Waals surface area (Å²) >= 11 is 0. The van der Waals surface area contributed by atoms with Crippen molar-refractivity contribution in [1.29, 1.82) is 10.5 Å². The monoisotopic (exact) mass is 280 g/mol. The van der Waals surface area contributed by atoms with Crippen molar-refractivity contribution >= 4 is 0 Å². The predicted molar refractivity (Wildman–Crippen MR) is 73.9 cm³/mol. The molecule has 0 fully saturated rings. The van der Waals surface area contributed by atoms with E-state index in [4.69, 9.17) is 24.7 Å². The minimum Gasteiger partial charge on any atom is -0.388 e. The highest BCUT2D eigenvalue weighted by molar-refractivity contribution is 5.35. The molecule has 2 aromatic carbocycles. The number of ether oxygens (including phenoxy) is 3. The van der Waals surface area contributed by atoms with Gasteiger partial charge in [0.25, 0.3) is 12.5 Å². The minimum atomic E-state index is 0.290. The maximum atomic E-state index is 8.58. The van der Waals surface area contributed by atoms with Crippen LogP contribution in [0.25, 0.3) is 0 Å². The molecule has 0 bridgehead atoms. The lowest BCUT2D eigenvalue weighted by Gasteiger charge is -2.09. The SMILES string of the molecule is N#COc1ccccc1COCc1ccccc1OC#N. The minimum absolute atomic E-state index is 0.290. The molecule has 2 rings (SSSR count). The number of nitriles is 2. The second-order valence-electron chi connectivity index (χ2n) is 4.09. The lowest BCUT2D eigenvalue weighted by Crippen LogP contribution is -1.98. The molecule has 0 saturated carbocycles. The zero-order chi connectivity index (χ0) is 14.9. The number of benzene rings is 2. The van der Waals surface area contributed by atoms with Crippen LogP contribution in [0.3, 0.4) is 0 Å². The van der Waals surface area contributed by atoms with Gasteiger partial charge in [0.2, 0.25) is 0 Å². The van der Waals surface area contributed by atoms with E-state index < -0.39 is 0 Å². The molecule has 0 amide bonds. The van der Waals surface area contributed by atoms with Crippen LogP contribution in [0.4, 0.5) is 0 Å². The lowest BCUT2D eigenvalue weighted by molar-refractivity contribution is 0.104. The Morgan fingerprint density at radius 1 is 0.714 bits per heavy atom. The third-order valence-corrected chi connectivity index (χ3v) is 2.77. The third kappa shape index (κ3) is 3.97.